The molecule has 2 unspecified atom stereocenters. The lowest BCUT2D eigenvalue weighted by atomic mass is 9.60. The van der Waals surface area contributed by atoms with E-state index >= 15 is 0 Å². The summed E-state index contributed by atoms with van der Waals surface area (Å²) in [6, 6.07) is 0. The maximum Gasteiger partial charge on any atom is 0.0591 e. The summed E-state index contributed by atoms with van der Waals surface area (Å²) in [5.74, 6) is 2.26. The van der Waals surface area contributed by atoms with Crippen molar-refractivity contribution in [3.8, 4) is 0 Å². The average molecular weight is 401 g/mol. The Morgan fingerprint density at radius 3 is 2.69 bits per heavy atom. The Bertz CT molecular complexity index is 650. The first kappa shape index (κ1) is 22.8. The second kappa shape index (κ2) is 9.10. The van der Waals surface area contributed by atoms with Crippen LogP contribution in [0.2, 0.25) is 0 Å². The second-order valence-electron chi connectivity index (χ2n) is 11.2. The van der Waals surface area contributed by atoms with Crippen LogP contribution in [0.1, 0.15) is 98.3 Å². The number of fused-ring (bicyclic) bond motifs is 1. The molecule has 0 bridgehead atoms. The Morgan fingerprint density at radius 1 is 1.21 bits per heavy atom. The maximum absolute atomic E-state index is 10.0. The Labute approximate surface area is 179 Å². The summed E-state index contributed by atoms with van der Waals surface area (Å²) in [5.41, 5.74) is 4.02. The molecule has 5 atom stereocenters. The van der Waals surface area contributed by atoms with Gasteiger partial charge in [-0.2, -0.15) is 0 Å². The minimum atomic E-state index is -0.535. The zero-order valence-corrected chi connectivity index (χ0v) is 19.3. The second-order valence-corrected chi connectivity index (χ2v) is 11.2. The molecule has 0 aliphatic heterocycles. The van der Waals surface area contributed by atoms with Crippen LogP contribution in [0, 0.1) is 23.2 Å². The van der Waals surface area contributed by atoms with Crippen LogP contribution in [0.25, 0.3) is 0 Å². The molecule has 164 valence electrons. The van der Waals surface area contributed by atoms with Crippen LogP contribution in [0.4, 0.5) is 0 Å². The lowest BCUT2D eigenvalue weighted by Crippen LogP contribution is -2.36. The highest BCUT2D eigenvalue weighted by molar-refractivity contribution is 5.36. The third-order valence-corrected chi connectivity index (χ3v) is 8.36. The van der Waals surface area contributed by atoms with E-state index in [1.807, 2.05) is 13.8 Å². The molecule has 0 heterocycles. The number of hydrogen-bond donors (Lipinski definition) is 2. The summed E-state index contributed by atoms with van der Waals surface area (Å²) in [4.78, 5) is 0. The molecule has 0 aromatic carbocycles. The van der Waals surface area contributed by atoms with Crippen molar-refractivity contribution in [2.24, 2.45) is 23.2 Å². The first-order valence-electron chi connectivity index (χ1n) is 12.1. The first-order valence-corrected chi connectivity index (χ1v) is 12.1. The predicted octanol–water partition coefficient (Wildman–Crippen LogP) is 6.73. The quantitative estimate of drug-likeness (QED) is 0.518. The van der Waals surface area contributed by atoms with Gasteiger partial charge in [-0.3, -0.25) is 0 Å². The highest BCUT2D eigenvalue weighted by Crippen LogP contribution is 2.60. The fourth-order valence-corrected chi connectivity index (χ4v) is 6.67. The van der Waals surface area contributed by atoms with Crippen LogP contribution >= 0.6 is 0 Å². The lowest BCUT2D eigenvalue weighted by molar-refractivity contribution is 0.0596. The summed E-state index contributed by atoms with van der Waals surface area (Å²) in [5, 5.41) is 20.1. The normalized spacial score (nSPS) is 37.2. The molecule has 3 aliphatic carbocycles. The van der Waals surface area contributed by atoms with Crippen molar-refractivity contribution in [2.45, 2.75) is 110 Å². The minimum absolute atomic E-state index is 0.192. The zero-order valence-electron chi connectivity index (χ0n) is 19.3. The molecular formula is C27H44O2. The van der Waals surface area contributed by atoms with Gasteiger partial charge in [0.2, 0.25) is 0 Å². The molecule has 3 aliphatic rings. The number of aliphatic hydroxyl groups is 2. The Balaban J connectivity index is 1.68. The van der Waals surface area contributed by atoms with E-state index in [1.54, 1.807) is 5.57 Å². The summed E-state index contributed by atoms with van der Waals surface area (Å²) in [7, 11) is 0. The summed E-state index contributed by atoms with van der Waals surface area (Å²) in [6.07, 6.45) is 16.9. The van der Waals surface area contributed by atoms with Gasteiger partial charge in [-0.05, 0) is 100 Å². The number of aliphatic hydroxyl groups excluding tert-OH is 1. The molecular weight excluding hydrogens is 356 g/mol. The largest absolute Gasteiger partial charge is 0.393 e. The van der Waals surface area contributed by atoms with Gasteiger partial charge in [0, 0.05) is 0 Å². The van der Waals surface area contributed by atoms with Crippen molar-refractivity contribution in [3.63, 3.8) is 0 Å². The van der Waals surface area contributed by atoms with Crippen molar-refractivity contribution < 1.29 is 10.2 Å². The van der Waals surface area contributed by atoms with E-state index in [4.69, 9.17) is 0 Å². The minimum Gasteiger partial charge on any atom is -0.393 e. The summed E-state index contributed by atoms with van der Waals surface area (Å²) >= 11 is 0. The van der Waals surface area contributed by atoms with Gasteiger partial charge in [0.05, 0.1) is 11.7 Å². The molecule has 2 nitrogen and oxygen atoms in total. The number of rotatable bonds is 6. The van der Waals surface area contributed by atoms with E-state index in [0.717, 1.165) is 49.9 Å². The van der Waals surface area contributed by atoms with Crippen molar-refractivity contribution in [2.75, 3.05) is 0 Å². The molecule has 0 radical (unpaired) electrons. The van der Waals surface area contributed by atoms with E-state index in [9.17, 15) is 10.2 Å². The van der Waals surface area contributed by atoms with E-state index in [0.29, 0.717) is 5.41 Å². The van der Waals surface area contributed by atoms with Gasteiger partial charge in [-0.15, -0.1) is 0 Å². The van der Waals surface area contributed by atoms with Crippen LogP contribution in [-0.2, 0) is 0 Å². The average Bonchev–Trinajstić information content (AvgIpc) is 2.99. The van der Waals surface area contributed by atoms with Gasteiger partial charge in [-0.1, -0.05) is 56.6 Å². The first-order chi connectivity index (χ1) is 13.6. The lowest BCUT2D eigenvalue weighted by Gasteiger charge is -2.44. The van der Waals surface area contributed by atoms with Crippen LogP contribution in [0.3, 0.4) is 0 Å². The van der Waals surface area contributed by atoms with Crippen molar-refractivity contribution in [1.29, 1.82) is 0 Å². The number of allylic oxidation sites excluding steroid dienone is 4. The van der Waals surface area contributed by atoms with Crippen LogP contribution in [-0.4, -0.2) is 21.9 Å². The Hall–Kier alpha value is -0.860. The molecule has 0 saturated heterocycles. The van der Waals surface area contributed by atoms with Crippen LogP contribution in [0.5, 0.6) is 0 Å². The Morgan fingerprint density at radius 2 is 1.97 bits per heavy atom. The van der Waals surface area contributed by atoms with Gasteiger partial charge in [-0.25, -0.2) is 0 Å². The summed E-state index contributed by atoms with van der Waals surface area (Å²) < 4.78 is 0. The zero-order chi connectivity index (χ0) is 21.2. The highest BCUT2D eigenvalue weighted by Gasteiger charge is 2.50. The van der Waals surface area contributed by atoms with E-state index < -0.39 is 5.60 Å². The standard InChI is InChI=1S/C27H44O2/c1-19-10-13-23(28)18-22(19)12-11-21-9-7-17-27(5)24(14-15-25(21)27)20(2)8-6-16-26(3,4)29/h11-12,20,23-25,28-29H,1,6-10,13-18H2,2-5H3/b21-11+,22-12-/t20-,23+,24?,25?,27+/m1/s1. The van der Waals surface area contributed by atoms with Gasteiger partial charge in [0.1, 0.15) is 0 Å². The molecule has 2 heteroatoms. The topological polar surface area (TPSA) is 40.5 Å². The van der Waals surface area contributed by atoms with Gasteiger partial charge >= 0.3 is 0 Å². The molecule has 3 saturated carbocycles. The molecule has 0 aromatic heterocycles. The monoisotopic (exact) mass is 400 g/mol. The van der Waals surface area contributed by atoms with Gasteiger partial charge < -0.3 is 10.2 Å². The summed E-state index contributed by atoms with van der Waals surface area (Å²) in [6.45, 7) is 13.1. The van der Waals surface area contributed by atoms with E-state index in [1.165, 1.54) is 49.7 Å². The van der Waals surface area contributed by atoms with Crippen molar-refractivity contribution >= 4 is 0 Å². The van der Waals surface area contributed by atoms with E-state index in [-0.39, 0.29) is 6.10 Å². The fraction of sp³-hybridized carbons (Fsp3) is 0.778. The van der Waals surface area contributed by atoms with Crippen LogP contribution < -0.4 is 0 Å². The maximum atomic E-state index is 10.0. The molecule has 0 aromatic rings. The molecule has 3 fully saturated rings. The third-order valence-electron chi connectivity index (χ3n) is 8.36. The van der Waals surface area contributed by atoms with Crippen molar-refractivity contribution in [1.82, 2.24) is 0 Å². The molecule has 0 spiro atoms. The molecule has 0 amide bonds. The molecule has 29 heavy (non-hydrogen) atoms. The van der Waals surface area contributed by atoms with Crippen molar-refractivity contribution in [3.05, 3.63) is 35.5 Å². The van der Waals surface area contributed by atoms with E-state index in [2.05, 4.69) is 32.6 Å². The van der Waals surface area contributed by atoms with Crippen LogP contribution in [0.15, 0.2) is 35.5 Å². The van der Waals surface area contributed by atoms with Gasteiger partial charge in [0.25, 0.3) is 0 Å². The molecule has 3 rings (SSSR count). The third kappa shape index (κ3) is 5.44. The fourth-order valence-electron chi connectivity index (χ4n) is 6.67. The van der Waals surface area contributed by atoms with Gasteiger partial charge in [0.15, 0.2) is 0 Å². The Kier molecular flexibility index (Phi) is 7.16. The molecule has 2 N–H and O–H groups in total. The smallest absolute Gasteiger partial charge is 0.0591 e. The highest BCUT2D eigenvalue weighted by atomic mass is 16.3. The predicted molar refractivity (Wildman–Crippen MR) is 123 cm³/mol. The SMILES string of the molecule is C=C1CC[C@H](O)C/C1=C/C=C1\CCC[C@]2(C)C1CCC2[C@H](C)CCCC(C)(C)O. The number of hydrogen-bond acceptors (Lipinski definition) is 2.